The van der Waals surface area contributed by atoms with Gasteiger partial charge in [0.15, 0.2) is 0 Å². The molecular formula is C15H24FN3. The quantitative estimate of drug-likeness (QED) is 0.905. The van der Waals surface area contributed by atoms with E-state index in [4.69, 9.17) is 5.73 Å². The number of anilines is 1. The Labute approximate surface area is 115 Å². The summed E-state index contributed by atoms with van der Waals surface area (Å²) in [4.78, 5) is 4.75. The van der Waals surface area contributed by atoms with E-state index in [1.54, 1.807) is 12.1 Å². The number of rotatable bonds is 3. The molecule has 2 unspecified atom stereocenters. The molecule has 1 aromatic rings. The van der Waals surface area contributed by atoms with Crippen molar-refractivity contribution >= 4 is 5.69 Å². The summed E-state index contributed by atoms with van der Waals surface area (Å²) in [5, 5.41) is 0. The Kier molecular flexibility index (Phi) is 4.42. The fraction of sp³-hybridized carbons (Fsp3) is 0.600. The summed E-state index contributed by atoms with van der Waals surface area (Å²) in [7, 11) is 2.16. The summed E-state index contributed by atoms with van der Waals surface area (Å²) in [6.07, 6.45) is 0.724. The van der Waals surface area contributed by atoms with E-state index in [0.717, 1.165) is 30.8 Å². The third kappa shape index (κ3) is 3.07. The third-order valence-electron chi connectivity index (χ3n) is 4.16. The van der Waals surface area contributed by atoms with Gasteiger partial charge in [0.25, 0.3) is 0 Å². The average Bonchev–Trinajstić information content (AvgIpc) is 2.36. The molecule has 1 aliphatic rings. The highest BCUT2D eigenvalue weighted by Crippen LogP contribution is 2.26. The van der Waals surface area contributed by atoms with Crippen LogP contribution >= 0.6 is 0 Å². The average molecular weight is 265 g/mol. The molecule has 2 N–H and O–H groups in total. The lowest BCUT2D eigenvalue weighted by atomic mass is 10.0. The first kappa shape index (κ1) is 14.3. The Morgan fingerprint density at radius 2 is 1.89 bits per heavy atom. The Morgan fingerprint density at radius 1 is 1.26 bits per heavy atom. The van der Waals surface area contributed by atoms with Crippen LogP contribution in [0.5, 0.6) is 0 Å². The fourth-order valence-corrected chi connectivity index (χ4v) is 2.82. The zero-order valence-electron chi connectivity index (χ0n) is 12.1. The number of hydrogen-bond donors (Lipinski definition) is 1. The van der Waals surface area contributed by atoms with E-state index in [1.807, 2.05) is 6.07 Å². The van der Waals surface area contributed by atoms with Crippen LogP contribution in [0.3, 0.4) is 0 Å². The summed E-state index contributed by atoms with van der Waals surface area (Å²) < 4.78 is 13.4. The molecule has 0 saturated carbocycles. The van der Waals surface area contributed by atoms with E-state index in [0.29, 0.717) is 18.6 Å². The van der Waals surface area contributed by atoms with Gasteiger partial charge in [-0.1, -0.05) is 0 Å². The van der Waals surface area contributed by atoms with Crippen molar-refractivity contribution < 1.29 is 4.39 Å². The minimum absolute atomic E-state index is 0.178. The number of likely N-dealkylation sites (N-methyl/N-ethyl adjacent to an activating group) is 1. The van der Waals surface area contributed by atoms with E-state index < -0.39 is 0 Å². The topological polar surface area (TPSA) is 32.5 Å². The van der Waals surface area contributed by atoms with Crippen LogP contribution in [0.1, 0.15) is 19.4 Å². The summed E-state index contributed by atoms with van der Waals surface area (Å²) in [5.41, 5.74) is 7.79. The van der Waals surface area contributed by atoms with E-state index in [2.05, 4.69) is 30.7 Å². The summed E-state index contributed by atoms with van der Waals surface area (Å²) in [6.45, 7) is 6.97. The molecule has 0 aliphatic carbocycles. The molecule has 1 aliphatic heterocycles. The molecule has 0 amide bonds. The van der Waals surface area contributed by atoms with E-state index >= 15 is 0 Å². The third-order valence-corrected chi connectivity index (χ3v) is 4.16. The monoisotopic (exact) mass is 265 g/mol. The van der Waals surface area contributed by atoms with Crippen LogP contribution in [0, 0.1) is 5.82 Å². The minimum atomic E-state index is -0.178. The number of hydrogen-bond acceptors (Lipinski definition) is 3. The number of nitrogens with zero attached hydrogens (tertiary/aromatic N) is 2. The van der Waals surface area contributed by atoms with Crippen LogP contribution in [0.4, 0.5) is 10.1 Å². The molecule has 2 rings (SSSR count). The SMILES string of the molecule is CC1CN(c2ccc(F)cc2CCN)CC(C)N1C. The lowest BCUT2D eigenvalue weighted by Crippen LogP contribution is -2.55. The molecule has 0 bridgehead atoms. The van der Waals surface area contributed by atoms with Gasteiger partial charge in [-0.05, 0) is 57.6 Å². The van der Waals surface area contributed by atoms with Gasteiger partial charge in [-0.25, -0.2) is 4.39 Å². The summed E-state index contributed by atoms with van der Waals surface area (Å²) in [6, 6.07) is 6.06. The summed E-state index contributed by atoms with van der Waals surface area (Å²) in [5.74, 6) is -0.178. The molecule has 19 heavy (non-hydrogen) atoms. The minimum Gasteiger partial charge on any atom is -0.368 e. The molecule has 1 aromatic carbocycles. The number of nitrogens with two attached hydrogens (primary N) is 1. The van der Waals surface area contributed by atoms with Gasteiger partial charge < -0.3 is 10.6 Å². The van der Waals surface area contributed by atoms with Gasteiger partial charge in [0, 0.05) is 30.9 Å². The predicted molar refractivity (Wildman–Crippen MR) is 78.1 cm³/mol. The molecule has 0 spiro atoms. The van der Waals surface area contributed by atoms with Crippen molar-refractivity contribution in [2.45, 2.75) is 32.4 Å². The van der Waals surface area contributed by atoms with Crippen molar-refractivity contribution in [1.82, 2.24) is 4.90 Å². The van der Waals surface area contributed by atoms with E-state index in [9.17, 15) is 4.39 Å². The Morgan fingerprint density at radius 3 is 2.47 bits per heavy atom. The first-order valence-electron chi connectivity index (χ1n) is 6.98. The highest BCUT2D eigenvalue weighted by atomic mass is 19.1. The normalized spacial score (nSPS) is 24.8. The molecule has 2 atom stereocenters. The number of halogens is 1. The van der Waals surface area contributed by atoms with Gasteiger partial charge in [-0.15, -0.1) is 0 Å². The Bertz CT molecular complexity index is 423. The second kappa shape index (κ2) is 5.88. The zero-order chi connectivity index (χ0) is 14.0. The van der Waals surface area contributed by atoms with E-state index in [-0.39, 0.29) is 5.82 Å². The van der Waals surface area contributed by atoms with Crippen LogP contribution in [-0.4, -0.2) is 43.7 Å². The van der Waals surface area contributed by atoms with Crippen molar-refractivity contribution in [2.24, 2.45) is 5.73 Å². The van der Waals surface area contributed by atoms with Crippen molar-refractivity contribution in [3.8, 4) is 0 Å². The Hall–Kier alpha value is -1.13. The molecule has 3 nitrogen and oxygen atoms in total. The first-order chi connectivity index (χ1) is 9.02. The van der Waals surface area contributed by atoms with E-state index in [1.165, 1.54) is 0 Å². The maximum Gasteiger partial charge on any atom is 0.123 e. The lowest BCUT2D eigenvalue weighted by molar-refractivity contribution is 0.170. The lowest BCUT2D eigenvalue weighted by Gasteiger charge is -2.44. The van der Waals surface area contributed by atoms with Crippen molar-refractivity contribution in [3.05, 3.63) is 29.6 Å². The largest absolute Gasteiger partial charge is 0.368 e. The maximum absolute atomic E-state index is 13.4. The smallest absolute Gasteiger partial charge is 0.123 e. The first-order valence-corrected chi connectivity index (χ1v) is 6.98. The van der Waals surface area contributed by atoms with Gasteiger partial charge in [0.05, 0.1) is 0 Å². The maximum atomic E-state index is 13.4. The van der Waals surface area contributed by atoms with Gasteiger partial charge in [0.1, 0.15) is 5.82 Å². The molecule has 1 heterocycles. The molecule has 1 fully saturated rings. The predicted octanol–water partition coefficient (Wildman–Crippen LogP) is 1.86. The van der Waals surface area contributed by atoms with Crippen LogP contribution in [0.15, 0.2) is 18.2 Å². The van der Waals surface area contributed by atoms with Gasteiger partial charge in [0.2, 0.25) is 0 Å². The molecular weight excluding hydrogens is 241 g/mol. The molecule has 0 radical (unpaired) electrons. The molecule has 106 valence electrons. The summed E-state index contributed by atoms with van der Waals surface area (Å²) >= 11 is 0. The van der Waals surface area contributed by atoms with Crippen molar-refractivity contribution in [1.29, 1.82) is 0 Å². The number of piperazine rings is 1. The molecule has 0 aromatic heterocycles. The van der Waals surface area contributed by atoms with Crippen LogP contribution < -0.4 is 10.6 Å². The van der Waals surface area contributed by atoms with Crippen LogP contribution in [0.2, 0.25) is 0 Å². The highest BCUT2D eigenvalue weighted by Gasteiger charge is 2.27. The highest BCUT2D eigenvalue weighted by molar-refractivity contribution is 5.54. The zero-order valence-corrected chi connectivity index (χ0v) is 12.1. The molecule has 1 saturated heterocycles. The van der Waals surface area contributed by atoms with Gasteiger partial charge in [-0.3, -0.25) is 4.90 Å². The Balaban J connectivity index is 2.26. The van der Waals surface area contributed by atoms with Crippen molar-refractivity contribution in [3.63, 3.8) is 0 Å². The van der Waals surface area contributed by atoms with Gasteiger partial charge in [-0.2, -0.15) is 0 Å². The second-order valence-corrected chi connectivity index (χ2v) is 5.58. The van der Waals surface area contributed by atoms with Crippen LogP contribution in [0.25, 0.3) is 0 Å². The van der Waals surface area contributed by atoms with Crippen molar-refractivity contribution in [2.75, 3.05) is 31.6 Å². The number of benzene rings is 1. The second-order valence-electron chi connectivity index (χ2n) is 5.58. The molecule has 4 heteroatoms. The van der Waals surface area contributed by atoms with Crippen LogP contribution in [-0.2, 0) is 6.42 Å². The van der Waals surface area contributed by atoms with Gasteiger partial charge >= 0.3 is 0 Å². The fourth-order valence-electron chi connectivity index (χ4n) is 2.82. The standard InChI is InChI=1S/C15H24FN3/c1-11-9-19(10-12(2)18(11)3)15-5-4-14(16)8-13(15)6-7-17/h4-5,8,11-12H,6-7,9-10,17H2,1-3H3.